The van der Waals surface area contributed by atoms with Crippen LogP contribution in [-0.2, 0) is 4.79 Å². The van der Waals surface area contributed by atoms with Crippen LogP contribution in [0.1, 0.15) is 15.9 Å². The molecule has 6 heteroatoms. The number of hydrogen-bond donors (Lipinski definition) is 1. The van der Waals surface area contributed by atoms with Crippen LogP contribution in [0.3, 0.4) is 0 Å². The molecular formula is C23H21N3O3. The van der Waals surface area contributed by atoms with Crippen LogP contribution in [0.15, 0.2) is 71.5 Å². The molecule has 1 fully saturated rings. The summed E-state index contributed by atoms with van der Waals surface area (Å²) in [7, 11) is 0. The lowest BCUT2D eigenvalue weighted by Gasteiger charge is -2.34. The zero-order valence-electron chi connectivity index (χ0n) is 16.1. The van der Waals surface area contributed by atoms with E-state index in [0.717, 1.165) is 16.8 Å². The molecule has 2 heterocycles. The minimum atomic E-state index is -0.454. The number of nitrogens with one attached hydrogen (secondary N) is 1. The van der Waals surface area contributed by atoms with Crippen molar-refractivity contribution in [3.8, 4) is 11.3 Å². The molecule has 1 saturated heterocycles. The maximum absolute atomic E-state index is 12.8. The monoisotopic (exact) mass is 387 g/mol. The fourth-order valence-electron chi connectivity index (χ4n) is 3.44. The molecular weight excluding hydrogens is 366 g/mol. The number of H-pyrrole nitrogens is 1. The van der Waals surface area contributed by atoms with Crippen molar-refractivity contribution in [3.63, 3.8) is 0 Å². The number of anilines is 1. The summed E-state index contributed by atoms with van der Waals surface area (Å²) in [6.07, 6.45) is 0. The summed E-state index contributed by atoms with van der Waals surface area (Å²) in [5.74, 6) is -0.589. The van der Waals surface area contributed by atoms with Gasteiger partial charge in [0.25, 0.3) is 11.5 Å². The van der Waals surface area contributed by atoms with Crippen molar-refractivity contribution in [3.05, 3.63) is 88.2 Å². The van der Waals surface area contributed by atoms with Gasteiger partial charge in [-0.25, -0.2) is 0 Å². The van der Waals surface area contributed by atoms with Crippen LogP contribution in [0.4, 0.5) is 5.69 Å². The number of hydrogen-bond acceptors (Lipinski definition) is 3. The number of aromatic nitrogens is 1. The maximum atomic E-state index is 12.8. The number of piperazine rings is 1. The van der Waals surface area contributed by atoms with Gasteiger partial charge in [0, 0.05) is 24.5 Å². The van der Waals surface area contributed by atoms with E-state index >= 15 is 0 Å². The molecule has 1 N–H and O–H groups in total. The summed E-state index contributed by atoms with van der Waals surface area (Å²) in [5, 5.41) is 0. The molecule has 0 saturated carbocycles. The number of benzene rings is 2. The van der Waals surface area contributed by atoms with Gasteiger partial charge in [-0.15, -0.1) is 0 Å². The van der Waals surface area contributed by atoms with Gasteiger partial charge in [0.2, 0.25) is 5.91 Å². The Labute approximate surface area is 168 Å². The molecule has 2 aromatic carbocycles. The largest absolute Gasteiger partial charge is 0.327 e. The molecule has 2 amide bonds. The third-order valence-corrected chi connectivity index (χ3v) is 5.08. The van der Waals surface area contributed by atoms with Crippen molar-refractivity contribution in [1.29, 1.82) is 0 Å². The van der Waals surface area contributed by atoms with Crippen LogP contribution < -0.4 is 10.5 Å². The first-order valence-electron chi connectivity index (χ1n) is 9.48. The number of nitrogens with zero attached hydrogens (tertiary/aromatic N) is 2. The smallest absolute Gasteiger partial charge is 0.261 e. The molecule has 4 rings (SSSR count). The molecule has 1 aliphatic rings. The molecule has 0 spiro atoms. The molecule has 6 nitrogen and oxygen atoms in total. The van der Waals surface area contributed by atoms with Crippen molar-refractivity contribution >= 4 is 17.5 Å². The Morgan fingerprint density at radius 3 is 2.28 bits per heavy atom. The number of aryl methyl sites for hydroxylation is 1. The van der Waals surface area contributed by atoms with Crippen molar-refractivity contribution in [2.45, 2.75) is 6.92 Å². The van der Waals surface area contributed by atoms with Crippen LogP contribution in [0.2, 0.25) is 0 Å². The lowest BCUT2D eigenvalue weighted by Crippen LogP contribution is -2.53. The molecule has 0 unspecified atom stereocenters. The Morgan fingerprint density at radius 2 is 1.62 bits per heavy atom. The van der Waals surface area contributed by atoms with Crippen LogP contribution in [0.25, 0.3) is 11.3 Å². The normalized spacial score (nSPS) is 14.2. The van der Waals surface area contributed by atoms with Crippen molar-refractivity contribution in [2.75, 3.05) is 24.5 Å². The van der Waals surface area contributed by atoms with Crippen molar-refractivity contribution in [1.82, 2.24) is 9.88 Å². The first kappa shape index (κ1) is 18.7. The average molecular weight is 387 g/mol. The minimum Gasteiger partial charge on any atom is -0.327 e. The van der Waals surface area contributed by atoms with Crippen molar-refractivity contribution in [2.24, 2.45) is 0 Å². The number of rotatable bonds is 3. The second kappa shape index (κ2) is 7.75. The molecule has 29 heavy (non-hydrogen) atoms. The fourth-order valence-corrected chi connectivity index (χ4v) is 3.44. The zero-order valence-corrected chi connectivity index (χ0v) is 16.1. The Bertz CT molecular complexity index is 1100. The van der Waals surface area contributed by atoms with Crippen LogP contribution in [0.5, 0.6) is 0 Å². The summed E-state index contributed by atoms with van der Waals surface area (Å²) in [6.45, 7) is 2.71. The molecule has 1 aromatic heterocycles. The number of carbonyl (C=O) groups excluding carboxylic acids is 2. The molecule has 1 aliphatic heterocycles. The van der Waals surface area contributed by atoms with Gasteiger partial charge in [0.1, 0.15) is 12.1 Å². The Kier molecular flexibility index (Phi) is 4.99. The standard InChI is InChI=1S/C23H21N3O3/c1-16-7-9-18(10-8-16)26-14-13-25(15-21(26)27)23(29)19-11-12-20(24-22(19)28)17-5-3-2-4-6-17/h2-12H,13-15H2,1H3,(H,24,28). The zero-order chi connectivity index (χ0) is 20.4. The van der Waals surface area contributed by atoms with E-state index in [9.17, 15) is 14.4 Å². The topological polar surface area (TPSA) is 73.5 Å². The minimum absolute atomic E-state index is 0.0428. The molecule has 3 aromatic rings. The van der Waals surface area contributed by atoms with E-state index in [1.165, 1.54) is 11.0 Å². The van der Waals surface area contributed by atoms with Gasteiger partial charge in [-0.1, -0.05) is 48.0 Å². The lowest BCUT2D eigenvalue weighted by atomic mass is 10.1. The molecule has 0 aliphatic carbocycles. The molecule has 0 atom stereocenters. The summed E-state index contributed by atoms with van der Waals surface area (Å²) < 4.78 is 0. The summed E-state index contributed by atoms with van der Waals surface area (Å²) in [5.41, 5.74) is 3.04. The van der Waals surface area contributed by atoms with E-state index in [2.05, 4.69) is 4.98 Å². The summed E-state index contributed by atoms with van der Waals surface area (Å²) in [4.78, 5) is 43.8. The molecule has 146 valence electrons. The van der Waals surface area contributed by atoms with E-state index in [0.29, 0.717) is 18.8 Å². The van der Waals surface area contributed by atoms with Gasteiger partial charge in [0.05, 0.1) is 0 Å². The highest BCUT2D eigenvalue weighted by molar-refractivity contribution is 6.01. The number of amides is 2. The van der Waals surface area contributed by atoms with E-state index in [1.807, 2.05) is 61.5 Å². The predicted molar refractivity (Wildman–Crippen MR) is 112 cm³/mol. The van der Waals surface area contributed by atoms with Gasteiger partial charge < -0.3 is 14.8 Å². The highest BCUT2D eigenvalue weighted by Crippen LogP contribution is 2.19. The second-order valence-corrected chi connectivity index (χ2v) is 7.09. The Morgan fingerprint density at radius 1 is 0.897 bits per heavy atom. The van der Waals surface area contributed by atoms with E-state index < -0.39 is 11.5 Å². The van der Waals surface area contributed by atoms with Gasteiger partial charge in [0.15, 0.2) is 0 Å². The van der Waals surface area contributed by atoms with Gasteiger partial charge in [-0.2, -0.15) is 0 Å². The van der Waals surface area contributed by atoms with E-state index in [-0.39, 0.29) is 18.0 Å². The Hall–Kier alpha value is -3.67. The van der Waals surface area contributed by atoms with Crippen LogP contribution in [0, 0.1) is 6.92 Å². The van der Waals surface area contributed by atoms with E-state index in [4.69, 9.17) is 0 Å². The maximum Gasteiger partial charge on any atom is 0.261 e. The van der Waals surface area contributed by atoms with Gasteiger partial charge in [-0.3, -0.25) is 14.4 Å². The summed E-state index contributed by atoms with van der Waals surface area (Å²) in [6, 6.07) is 20.4. The Balaban J connectivity index is 1.50. The number of pyridine rings is 1. The number of carbonyl (C=O) groups is 2. The predicted octanol–water partition coefficient (Wildman–Crippen LogP) is 2.84. The molecule has 0 radical (unpaired) electrons. The second-order valence-electron chi connectivity index (χ2n) is 7.09. The quantitative estimate of drug-likeness (QED) is 0.751. The lowest BCUT2D eigenvalue weighted by molar-refractivity contribution is -0.120. The first-order chi connectivity index (χ1) is 14.0. The average Bonchev–Trinajstić information content (AvgIpc) is 2.74. The molecule has 0 bridgehead atoms. The van der Waals surface area contributed by atoms with Crippen molar-refractivity contribution < 1.29 is 9.59 Å². The first-order valence-corrected chi connectivity index (χ1v) is 9.48. The SMILES string of the molecule is Cc1ccc(N2CCN(C(=O)c3ccc(-c4ccccc4)[nH]c3=O)CC2=O)cc1. The van der Waals surface area contributed by atoms with Crippen LogP contribution in [-0.4, -0.2) is 41.3 Å². The number of aromatic amines is 1. The van der Waals surface area contributed by atoms with E-state index in [1.54, 1.807) is 11.0 Å². The third-order valence-electron chi connectivity index (χ3n) is 5.08. The fraction of sp³-hybridized carbons (Fsp3) is 0.174. The highest BCUT2D eigenvalue weighted by atomic mass is 16.2. The highest BCUT2D eigenvalue weighted by Gasteiger charge is 2.29. The van der Waals surface area contributed by atoms with Gasteiger partial charge >= 0.3 is 0 Å². The summed E-state index contributed by atoms with van der Waals surface area (Å²) >= 11 is 0. The van der Waals surface area contributed by atoms with Gasteiger partial charge in [-0.05, 0) is 36.8 Å². The third kappa shape index (κ3) is 3.82. The van der Waals surface area contributed by atoms with Crippen LogP contribution >= 0.6 is 0 Å².